The first-order valence-corrected chi connectivity index (χ1v) is 10.2. The number of benzene rings is 2. The molecule has 0 amide bonds. The van der Waals surface area contributed by atoms with Crippen LogP contribution in [-0.4, -0.2) is 46.0 Å². The number of ether oxygens (including phenoxy) is 3. The Morgan fingerprint density at radius 2 is 1.72 bits per heavy atom. The summed E-state index contributed by atoms with van der Waals surface area (Å²) in [6.07, 6.45) is 0.908. The maximum absolute atomic E-state index is 6.02. The van der Waals surface area contributed by atoms with E-state index in [1.165, 1.54) is 0 Å². The average Bonchev–Trinajstić information content (AvgIpc) is 2.76. The number of nitrogens with one attached hydrogen (secondary N) is 2. The van der Waals surface area contributed by atoms with E-state index in [0.29, 0.717) is 33.0 Å². The van der Waals surface area contributed by atoms with Crippen LogP contribution in [0.15, 0.2) is 59.6 Å². The van der Waals surface area contributed by atoms with Gasteiger partial charge in [0.15, 0.2) is 5.96 Å². The van der Waals surface area contributed by atoms with Gasteiger partial charge in [-0.3, -0.25) is 0 Å². The van der Waals surface area contributed by atoms with Gasteiger partial charge in [-0.2, -0.15) is 0 Å². The molecule has 0 fully saturated rings. The minimum atomic E-state index is 0.545. The molecule has 6 nitrogen and oxygen atoms in total. The summed E-state index contributed by atoms with van der Waals surface area (Å²) in [7, 11) is 1.68. The van der Waals surface area contributed by atoms with Crippen molar-refractivity contribution in [1.29, 1.82) is 0 Å². The number of rotatable bonds is 13. The van der Waals surface area contributed by atoms with Crippen molar-refractivity contribution in [2.24, 2.45) is 4.99 Å². The zero-order valence-electron chi connectivity index (χ0n) is 17.5. The largest absolute Gasteiger partial charge is 0.489 e. The van der Waals surface area contributed by atoms with Gasteiger partial charge in [-0.1, -0.05) is 48.5 Å². The molecule has 2 aromatic carbocycles. The van der Waals surface area contributed by atoms with E-state index in [-0.39, 0.29) is 0 Å². The molecule has 0 aliphatic heterocycles. The van der Waals surface area contributed by atoms with Crippen LogP contribution in [0.25, 0.3) is 0 Å². The Morgan fingerprint density at radius 1 is 0.931 bits per heavy atom. The molecule has 2 aromatic rings. The van der Waals surface area contributed by atoms with Crippen LogP contribution in [0.5, 0.6) is 5.75 Å². The highest BCUT2D eigenvalue weighted by atomic mass is 16.5. The molecule has 0 unspecified atom stereocenters. The third-order valence-corrected chi connectivity index (χ3v) is 4.15. The fourth-order valence-corrected chi connectivity index (χ4v) is 2.64. The van der Waals surface area contributed by atoms with Crippen LogP contribution in [0.1, 0.15) is 24.5 Å². The molecule has 0 saturated heterocycles. The summed E-state index contributed by atoms with van der Waals surface area (Å²) in [4.78, 5) is 4.70. The van der Waals surface area contributed by atoms with Crippen molar-refractivity contribution in [2.45, 2.75) is 26.5 Å². The second-order valence-electron chi connectivity index (χ2n) is 6.46. The summed E-state index contributed by atoms with van der Waals surface area (Å²) in [6.45, 7) is 6.71. The minimum absolute atomic E-state index is 0.545. The molecule has 0 aliphatic rings. The van der Waals surface area contributed by atoms with Crippen LogP contribution < -0.4 is 15.4 Å². The normalized spacial score (nSPS) is 11.3. The monoisotopic (exact) mass is 399 g/mol. The van der Waals surface area contributed by atoms with E-state index in [9.17, 15) is 0 Å². The summed E-state index contributed by atoms with van der Waals surface area (Å²) < 4.78 is 16.5. The van der Waals surface area contributed by atoms with Crippen molar-refractivity contribution in [3.63, 3.8) is 0 Å². The Hall–Kier alpha value is -2.57. The fraction of sp³-hybridized carbons (Fsp3) is 0.435. The molecule has 29 heavy (non-hydrogen) atoms. The lowest BCUT2D eigenvalue weighted by Gasteiger charge is -2.13. The second-order valence-corrected chi connectivity index (χ2v) is 6.46. The predicted octanol–water partition coefficient (Wildman–Crippen LogP) is 3.37. The number of nitrogens with zero attached hydrogens (tertiary/aromatic N) is 1. The maximum Gasteiger partial charge on any atom is 0.191 e. The highest BCUT2D eigenvalue weighted by Gasteiger charge is 2.04. The number of guanidine groups is 1. The zero-order chi connectivity index (χ0) is 20.6. The van der Waals surface area contributed by atoms with Gasteiger partial charge in [-0.05, 0) is 25.0 Å². The minimum Gasteiger partial charge on any atom is -0.489 e. The summed E-state index contributed by atoms with van der Waals surface area (Å²) in [5, 5.41) is 6.62. The van der Waals surface area contributed by atoms with Gasteiger partial charge in [0.2, 0.25) is 0 Å². The predicted molar refractivity (Wildman–Crippen MR) is 117 cm³/mol. The van der Waals surface area contributed by atoms with Crippen LogP contribution in [0.2, 0.25) is 0 Å². The Balaban J connectivity index is 1.84. The quantitative estimate of drug-likeness (QED) is 0.307. The molecular formula is C23H33N3O3. The Labute approximate surface area is 174 Å². The van der Waals surface area contributed by atoms with Crippen molar-refractivity contribution < 1.29 is 14.2 Å². The highest BCUT2D eigenvalue weighted by molar-refractivity contribution is 5.79. The van der Waals surface area contributed by atoms with Crippen LogP contribution in [0.3, 0.4) is 0 Å². The fourth-order valence-electron chi connectivity index (χ4n) is 2.64. The van der Waals surface area contributed by atoms with Crippen molar-refractivity contribution in [3.8, 4) is 5.75 Å². The van der Waals surface area contributed by atoms with Gasteiger partial charge in [0, 0.05) is 32.4 Å². The Kier molecular flexibility index (Phi) is 11.3. The third kappa shape index (κ3) is 9.45. The molecule has 0 spiro atoms. The van der Waals surface area contributed by atoms with Crippen molar-refractivity contribution in [2.75, 3.05) is 40.0 Å². The van der Waals surface area contributed by atoms with Gasteiger partial charge in [0.05, 0.1) is 19.8 Å². The number of hydrogen-bond acceptors (Lipinski definition) is 4. The molecule has 0 aliphatic carbocycles. The molecule has 0 bridgehead atoms. The molecular weight excluding hydrogens is 366 g/mol. The smallest absolute Gasteiger partial charge is 0.191 e. The summed E-state index contributed by atoms with van der Waals surface area (Å²) in [6, 6.07) is 18.2. The number of para-hydroxylation sites is 1. The van der Waals surface area contributed by atoms with Crippen LogP contribution in [0.4, 0.5) is 0 Å². The van der Waals surface area contributed by atoms with E-state index in [2.05, 4.69) is 35.8 Å². The molecule has 6 heteroatoms. The highest BCUT2D eigenvalue weighted by Crippen LogP contribution is 2.20. The van der Waals surface area contributed by atoms with Crippen molar-refractivity contribution in [3.05, 3.63) is 65.7 Å². The second kappa shape index (κ2) is 14.4. The average molecular weight is 400 g/mol. The van der Waals surface area contributed by atoms with Crippen LogP contribution >= 0.6 is 0 Å². The lowest BCUT2D eigenvalue weighted by molar-refractivity contribution is 0.0698. The van der Waals surface area contributed by atoms with E-state index >= 15 is 0 Å². The van der Waals surface area contributed by atoms with Gasteiger partial charge < -0.3 is 24.8 Å². The van der Waals surface area contributed by atoms with Gasteiger partial charge >= 0.3 is 0 Å². The van der Waals surface area contributed by atoms with Crippen LogP contribution in [0, 0.1) is 0 Å². The maximum atomic E-state index is 6.02. The summed E-state index contributed by atoms with van der Waals surface area (Å²) >= 11 is 0. The lowest BCUT2D eigenvalue weighted by Crippen LogP contribution is -2.38. The van der Waals surface area contributed by atoms with Gasteiger partial charge in [0.25, 0.3) is 0 Å². The van der Waals surface area contributed by atoms with E-state index in [0.717, 1.165) is 42.3 Å². The van der Waals surface area contributed by atoms with Crippen molar-refractivity contribution >= 4 is 5.96 Å². The number of hydrogen-bond donors (Lipinski definition) is 2. The topological polar surface area (TPSA) is 64.1 Å². The van der Waals surface area contributed by atoms with E-state index in [1.807, 2.05) is 36.4 Å². The Morgan fingerprint density at radius 3 is 2.52 bits per heavy atom. The van der Waals surface area contributed by atoms with Crippen molar-refractivity contribution in [1.82, 2.24) is 10.6 Å². The van der Waals surface area contributed by atoms with Gasteiger partial charge in [-0.25, -0.2) is 4.99 Å². The van der Waals surface area contributed by atoms with E-state index in [4.69, 9.17) is 19.2 Å². The third-order valence-electron chi connectivity index (χ3n) is 4.15. The first kappa shape index (κ1) is 22.7. The zero-order valence-corrected chi connectivity index (χ0v) is 17.5. The van der Waals surface area contributed by atoms with Gasteiger partial charge in [-0.15, -0.1) is 0 Å². The van der Waals surface area contributed by atoms with Gasteiger partial charge in [0.1, 0.15) is 12.4 Å². The lowest BCUT2D eigenvalue weighted by atomic mass is 10.2. The number of methoxy groups -OCH3 is 1. The summed E-state index contributed by atoms with van der Waals surface area (Å²) in [5.74, 6) is 1.66. The molecule has 0 saturated carbocycles. The standard InChI is InChI=1S/C23H33N3O3/c1-3-24-23(25-14-9-15-28-17-16-27-2)26-18-21-12-7-8-13-22(21)29-19-20-10-5-4-6-11-20/h4-8,10-13H,3,9,14-19H2,1-2H3,(H2,24,25,26). The Bertz CT molecular complexity index is 708. The molecule has 0 atom stereocenters. The van der Waals surface area contributed by atoms with E-state index in [1.54, 1.807) is 7.11 Å². The first-order chi connectivity index (χ1) is 14.3. The molecule has 2 N–H and O–H groups in total. The SMILES string of the molecule is CCNC(=NCc1ccccc1OCc1ccccc1)NCCCOCCOC. The molecule has 158 valence electrons. The molecule has 0 aromatic heterocycles. The number of aliphatic imine (C=N–C) groups is 1. The van der Waals surface area contributed by atoms with E-state index < -0.39 is 0 Å². The van der Waals surface area contributed by atoms with Crippen LogP contribution in [-0.2, 0) is 22.6 Å². The first-order valence-electron chi connectivity index (χ1n) is 10.2. The molecule has 0 radical (unpaired) electrons. The molecule has 2 rings (SSSR count). The summed E-state index contributed by atoms with van der Waals surface area (Å²) in [5.41, 5.74) is 2.21. The molecule has 0 heterocycles.